The number of carbonyl (C=O) groups excluding carboxylic acids is 2. The Morgan fingerprint density at radius 1 is 1.00 bits per heavy atom. The van der Waals surface area contributed by atoms with Crippen LogP contribution in [0.25, 0.3) is 0 Å². The van der Waals surface area contributed by atoms with Crippen LogP contribution in [0.2, 0.25) is 0 Å². The number of likely N-dealkylation sites (tertiary alicyclic amines) is 1. The fraction of sp³-hybridized carbons (Fsp3) is 0.882. The highest BCUT2D eigenvalue weighted by Crippen LogP contribution is 2.46. The van der Waals surface area contributed by atoms with Crippen molar-refractivity contribution in [2.24, 2.45) is 5.41 Å². The van der Waals surface area contributed by atoms with E-state index in [0.29, 0.717) is 5.41 Å². The maximum Gasteiger partial charge on any atom is 0.306 e. The minimum Gasteiger partial charge on any atom is -0.460 e. The summed E-state index contributed by atoms with van der Waals surface area (Å²) in [6, 6.07) is 0. The zero-order valence-electron chi connectivity index (χ0n) is 13.7. The molecule has 1 heterocycles. The molecule has 1 aliphatic heterocycles. The molecule has 2 aliphatic rings. The molecule has 1 spiro atoms. The van der Waals surface area contributed by atoms with Crippen LogP contribution in [0.5, 0.6) is 0 Å². The molecule has 0 radical (unpaired) electrons. The van der Waals surface area contributed by atoms with Crippen LogP contribution in [-0.4, -0.2) is 35.5 Å². The number of rotatable bonds is 3. The van der Waals surface area contributed by atoms with Gasteiger partial charge in [-0.05, 0) is 51.9 Å². The quantitative estimate of drug-likeness (QED) is 0.751. The summed E-state index contributed by atoms with van der Waals surface area (Å²) in [7, 11) is 0. The summed E-state index contributed by atoms with van der Waals surface area (Å²) in [6.45, 7) is 7.27. The van der Waals surface area contributed by atoms with Crippen molar-refractivity contribution in [1.82, 2.24) is 4.90 Å². The van der Waals surface area contributed by atoms with Crippen LogP contribution >= 0.6 is 0 Å². The molecular formula is C17H29NO3. The lowest BCUT2D eigenvalue weighted by molar-refractivity contribution is -0.156. The highest BCUT2D eigenvalue weighted by molar-refractivity contribution is 5.81. The number of ether oxygens (including phenoxy) is 1. The van der Waals surface area contributed by atoms with E-state index in [-0.39, 0.29) is 24.7 Å². The highest BCUT2D eigenvalue weighted by atomic mass is 16.6. The van der Waals surface area contributed by atoms with E-state index < -0.39 is 5.60 Å². The highest BCUT2D eigenvalue weighted by Gasteiger charge is 2.37. The number of amides is 1. The molecule has 0 aromatic heterocycles. The molecule has 0 atom stereocenters. The Balaban J connectivity index is 1.71. The monoisotopic (exact) mass is 295 g/mol. The first kappa shape index (κ1) is 16.3. The van der Waals surface area contributed by atoms with Crippen molar-refractivity contribution < 1.29 is 14.3 Å². The van der Waals surface area contributed by atoms with Crippen LogP contribution in [0.4, 0.5) is 0 Å². The van der Waals surface area contributed by atoms with Gasteiger partial charge in [0, 0.05) is 19.5 Å². The lowest BCUT2D eigenvalue weighted by Gasteiger charge is -2.39. The van der Waals surface area contributed by atoms with E-state index in [4.69, 9.17) is 4.74 Å². The Labute approximate surface area is 128 Å². The third kappa shape index (κ3) is 4.72. The Kier molecular flexibility index (Phi) is 4.95. The SMILES string of the molecule is CC(C)(C)OC(=O)CCC(=O)N1CCC2(CCCC2)CC1. The third-order valence-corrected chi connectivity index (χ3v) is 4.80. The predicted octanol–water partition coefficient (Wildman–Crippen LogP) is 3.29. The molecule has 120 valence electrons. The average molecular weight is 295 g/mol. The fourth-order valence-electron chi connectivity index (χ4n) is 3.62. The Morgan fingerprint density at radius 3 is 2.10 bits per heavy atom. The first-order valence-electron chi connectivity index (χ1n) is 8.29. The lowest BCUT2D eigenvalue weighted by Crippen LogP contribution is -2.42. The second-order valence-electron chi connectivity index (χ2n) is 7.67. The molecule has 0 N–H and O–H groups in total. The summed E-state index contributed by atoms with van der Waals surface area (Å²) in [5.74, 6) is -0.172. The maximum atomic E-state index is 12.2. The Morgan fingerprint density at radius 2 is 1.57 bits per heavy atom. The number of hydrogen-bond acceptors (Lipinski definition) is 3. The second kappa shape index (κ2) is 6.37. The number of esters is 1. The molecule has 0 aromatic rings. The van der Waals surface area contributed by atoms with Gasteiger partial charge in [0.15, 0.2) is 0 Å². The molecule has 21 heavy (non-hydrogen) atoms. The summed E-state index contributed by atoms with van der Waals surface area (Å²) >= 11 is 0. The van der Waals surface area contributed by atoms with Gasteiger partial charge in [-0.15, -0.1) is 0 Å². The molecule has 1 amide bonds. The van der Waals surface area contributed by atoms with Crippen LogP contribution in [0, 0.1) is 5.41 Å². The topological polar surface area (TPSA) is 46.6 Å². The first-order valence-corrected chi connectivity index (χ1v) is 8.29. The van der Waals surface area contributed by atoms with Gasteiger partial charge in [0.2, 0.25) is 5.91 Å². The summed E-state index contributed by atoms with van der Waals surface area (Å²) in [5.41, 5.74) is 0.0576. The van der Waals surface area contributed by atoms with Gasteiger partial charge < -0.3 is 9.64 Å². The Bertz CT molecular complexity index is 381. The van der Waals surface area contributed by atoms with Crippen molar-refractivity contribution in [2.45, 2.75) is 77.7 Å². The van der Waals surface area contributed by atoms with Gasteiger partial charge in [0.05, 0.1) is 6.42 Å². The molecule has 0 bridgehead atoms. The fourth-order valence-corrected chi connectivity index (χ4v) is 3.62. The number of nitrogens with zero attached hydrogens (tertiary/aromatic N) is 1. The van der Waals surface area contributed by atoms with E-state index in [1.807, 2.05) is 25.7 Å². The minimum absolute atomic E-state index is 0.105. The summed E-state index contributed by atoms with van der Waals surface area (Å²) in [5, 5.41) is 0. The van der Waals surface area contributed by atoms with Crippen LogP contribution in [0.15, 0.2) is 0 Å². The molecule has 2 fully saturated rings. The largest absolute Gasteiger partial charge is 0.460 e. The van der Waals surface area contributed by atoms with Crippen molar-refractivity contribution in [3.63, 3.8) is 0 Å². The standard InChI is InChI=1S/C17H29NO3/c1-16(2,3)21-15(20)7-6-14(19)18-12-10-17(11-13-18)8-4-5-9-17/h4-13H2,1-3H3. The van der Waals surface area contributed by atoms with E-state index in [1.54, 1.807) is 0 Å². The molecular weight excluding hydrogens is 266 g/mol. The van der Waals surface area contributed by atoms with E-state index in [9.17, 15) is 9.59 Å². The van der Waals surface area contributed by atoms with Gasteiger partial charge in [0.25, 0.3) is 0 Å². The number of piperidine rings is 1. The van der Waals surface area contributed by atoms with Crippen LogP contribution in [-0.2, 0) is 14.3 Å². The molecule has 2 rings (SSSR count). The molecule has 4 heteroatoms. The zero-order chi connectivity index (χ0) is 15.5. The lowest BCUT2D eigenvalue weighted by atomic mass is 9.77. The summed E-state index contributed by atoms with van der Waals surface area (Å²) < 4.78 is 5.24. The maximum absolute atomic E-state index is 12.2. The van der Waals surface area contributed by atoms with Crippen molar-refractivity contribution in [1.29, 1.82) is 0 Å². The molecule has 0 aromatic carbocycles. The van der Waals surface area contributed by atoms with Crippen molar-refractivity contribution in [3.8, 4) is 0 Å². The van der Waals surface area contributed by atoms with Crippen molar-refractivity contribution >= 4 is 11.9 Å². The van der Waals surface area contributed by atoms with Gasteiger partial charge in [-0.25, -0.2) is 0 Å². The van der Waals surface area contributed by atoms with Gasteiger partial charge in [-0.1, -0.05) is 12.8 Å². The van der Waals surface area contributed by atoms with Gasteiger partial charge >= 0.3 is 5.97 Å². The molecule has 1 saturated carbocycles. The normalized spacial score (nSPS) is 21.6. The van der Waals surface area contributed by atoms with Gasteiger partial charge in [-0.2, -0.15) is 0 Å². The number of hydrogen-bond donors (Lipinski definition) is 0. The smallest absolute Gasteiger partial charge is 0.306 e. The van der Waals surface area contributed by atoms with Crippen molar-refractivity contribution in [3.05, 3.63) is 0 Å². The van der Waals surface area contributed by atoms with Crippen LogP contribution in [0.3, 0.4) is 0 Å². The van der Waals surface area contributed by atoms with E-state index in [0.717, 1.165) is 25.9 Å². The van der Waals surface area contributed by atoms with Crippen molar-refractivity contribution in [2.75, 3.05) is 13.1 Å². The Hall–Kier alpha value is -1.06. The van der Waals surface area contributed by atoms with Gasteiger partial charge in [-0.3, -0.25) is 9.59 Å². The summed E-state index contributed by atoms with van der Waals surface area (Å²) in [4.78, 5) is 25.8. The van der Waals surface area contributed by atoms with Gasteiger partial charge in [0.1, 0.15) is 5.60 Å². The molecule has 1 saturated heterocycles. The third-order valence-electron chi connectivity index (χ3n) is 4.80. The predicted molar refractivity (Wildman–Crippen MR) is 81.8 cm³/mol. The van der Waals surface area contributed by atoms with E-state index >= 15 is 0 Å². The average Bonchev–Trinajstić information content (AvgIpc) is 2.83. The minimum atomic E-state index is -0.472. The van der Waals surface area contributed by atoms with E-state index in [1.165, 1.54) is 25.7 Å². The summed E-state index contributed by atoms with van der Waals surface area (Å²) in [6.07, 6.45) is 8.15. The number of carbonyl (C=O) groups is 2. The second-order valence-corrected chi connectivity index (χ2v) is 7.67. The van der Waals surface area contributed by atoms with Crippen LogP contribution in [0.1, 0.15) is 72.1 Å². The molecule has 4 nitrogen and oxygen atoms in total. The molecule has 0 unspecified atom stereocenters. The first-order chi connectivity index (χ1) is 9.80. The van der Waals surface area contributed by atoms with Crippen LogP contribution < -0.4 is 0 Å². The zero-order valence-corrected chi connectivity index (χ0v) is 13.7. The van der Waals surface area contributed by atoms with E-state index in [2.05, 4.69) is 0 Å². The molecule has 1 aliphatic carbocycles.